The monoisotopic (exact) mass is 401 g/mol. The minimum atomic E-state index is -0.466. The topological polar surface area (TPSA) is 93.3 Å². The Bertz CT molecular complexity index is 1110. The van der Waals surface area contributed by atoms with E-state index in [2.05, 4.69) is 5.32 Å². The number of aryl methyl sites for hydroxylation is 3. The lowest BCUT2D eigenvalue weighted by Crippen LogP contribution is -2.40. The van der Waals surface area contributed by atoms with Crippen molar-refractivity contribution in [1.29, 1.82) is 0 Å². The van der Waals surface area contributed by atoms with E-state index in [1.54, 1.807) is 11.5 Å². The highest BCUT2D eigenvalue weighted by Gasteiger charge is 2.22. The summed E-state index contributed by atoms with van der Waals surface area (Å²) in [6.07, 6.45) is 0.612. The molecule has 7 nitrogen and oxygen atoms in total. The molecule has 2 heterocycles. The van der Waals surface area contributed by atoms with Gasteiger partial charge in [-0.1, -0.05) is 30.3 Å². The first-order valence-electron chi connectivity index (χ1n) is 9.19. The van der Waals surface area contributed by atoms with Crippen LogP contribution < -0.4 is 16.6 Å². The third-order valence-corrected chi connectivity index (χ3v) is 5.94. The number of hydrogen-bond acceptors (Lipinski definition) is 5. The third kappa shape index (κ3) is 3.65. The Labute approximate surface area is 165 Å². The number of carbonyl (C=O) groups is 1. The number of fused-ring (bicyclic) bond motifs is 1. The van der Waals surface area contributed by atoms with Gasteiger partial charge in [-0.15, -0.1) is 11.3 Å². The van der Waals surface area contributed by atoms with E-state index >= 15 is 0 Å². The summed E-state index contributed by atoms with van der Waals surface area (Å²) in [6, 6.07) is 9.75. The van der Waals surface area contributed by atoms with E-state index in [0.29, 0.717) is 40.2 Å². The van der Waals surface area contributed by atoms with Crippen LogP contribution in [0, 0.1) is 6.92 Å². The van der Waals surface area contributed by atoms with Crippen molar-refractivity contribution >= 4 is 27.5 Å². The number of aliphatic hydroxyl groups is 1. The van der Waals surface area contributed by atoms with Crippen LogP contribution in [-0.2, 0) is 19.5 Å². The van der Waals surface area contributed by atoms with Gasteiger partial charge in [0.1, 0.15) is 4.83 Å². The first kappa shape index (κ1) is 20.0. The van der Waals surface area contributed by atoms with Crippen molar-refractivity contribution in [2.75, 3.05) is 13.2 Å². The van der Waals surface area contributed by atoms with Crippen molar-refractivity contribution < 1.29 is 9.90 Å². The molecule has 0 saturated heterocycles. The number of hydrogen-bond donors (Lipinski definition) is 2. The smallest absolute Gasteiger partial charge is 0.332 e. The fourth-order valence-corrected chi connectivity index (χ4v) is 4.47. The molecule has 0 unspecified atom stereocenters. The van der Waals surface area contributed by atoms with Gasteiger partial charge < -0.3 is 10.4 Å². The molecule has 0 saturated carbocycles. The second-order valence-corrected chi connectivity index (χ2v) is 7.45. The number of benzene rings is 1. The fraction of sp³-hybridized carbons (Fsp3) is 0.350. The van der Waals surface area contributed by atoms with E-state index < -0.39 is 11.2 Å². The normalized spacial score (nSPS) is 11.1. The van der Waals surface area contributed by atoms with Gasteiger partial charge in [-0.05, 0) is 31.4 Å². The van der Waals surface area contributed by atoms with E-state index in [1.165, 1.54) is 0 Å². The highest BCUT2D eigenvalue weighted by molar-refractivity contribution is 7.20. The van der Waals surface area contributed by atoms with Crippen LogP contribution >= 0.6 is 11.3 Å². The molecule has 0 spiro atoms. The molecule has 3 aromatic rings. The first-order chi connectivity index (χ1) is 13.5. The zero-order valence-electron chi connectivity index (χ0n) is 15.9. The van der Waals surface area contributed by atoms with Crippen molar-refractivity contribution in [2.45, 2.75) is 33.4 Å². The number of nitrogens with one attached hydrogen (secondary N) is 1. The van der Waals surface area contributed by atoms with Crippen LogP contribution in [0.3, 0.4) is 0 Å². The third-order valence-electron chi connectivity index (χ3n) is 4.63. The van der Waals surface area contributed by atoms with Gasteiger partial charge in [0.15, 0.2) is 0 Å². The van der Waals surface area contributed by atoms with Crippen molar-refractivity contribution in [3.05, 3.63) is 67.2 Å². The van der Waals surface area contributed by atoms with Gasteiger partial charge in [0.25, 0.3) is 11.5 Å². The molecule has 2 aromatic heterocycles. The van der Waals surface area contributed by atoms with E-state index in [-0.39, 0.29) is 19.1 Å². The summed E-state index contributed by atoms with van der Waals surface area (Å²) in [4.78, 5) is 39.2. The molecule has 2 N–H and O–H groups in total. The maximum atomic E-state index is 13.0. The van der Waals surface area contributed by atoms with Crippen molar-refractivity contribution in [1.82, 2.24) is 14.5 Å². The van der Waals surface area contributed by atoms with Crippen LogP contribution in [0.2, 0.25) is 0 Å². The lowest BCUT2D eigenvalue weighted by atomic mass is 10.1. The molecule has 28 heavy (non-hydrogen) atoms. The summed E-state index contributed by atoms with van der Waals surface area (Å²) in [5, 5.41) is 12.4. The molecule has 8 heteroatoms. The second kappa shape index (κ2) is 8.53. The summed E-state index contributed by atoms with van der Waals surface area (Å²) in [5.74, 6) is -0.253. The van der Waals surface area contributed by atoms with Gasteiger partial charge in [-0.25, -0.2) is 4.79 Å². The highest BCUT2D eigenvalue weighted by atomic mass is 32.1. The maximum absolute atomic E-state index is 13.0. The van der Waals surface area contributed by atoms with Gasteiger partial charge in [-0.3, -0.25) is 18.7 Å². The minimum absolute atomic E-state index is 0.0787. The molecule has 0 aliphatic heterocycles. The Morgan fingerprint density at radius 3 is 2.50 bits per heavy atom. The van der Waals surface area contributed by atoms with Crippen molar-refractivity contribution in [2.24, 2.45) is 0 Å². The van der Waals surface area contributed by atoms with Crippen LogP contribution in [0.1, 0.15) is 27.7 Å². The summed E-state index contributed by atoms with van der Waals surface area (Å²) in [7, 11) is 0. The predicted molar refractivity (Wildman–Crippen MR) is 110 cm³/mol. The minimum Gasteiger partial charge on any atom is -0.395 e. The molecule has 148 valence electrons. The number of aliphatic hydroxyl groups excluding tert-OH is 1. The fourth-order valence-electron chi connectivity index (χ4n) is 3.23. The van der Waals surface area contributed by atoms with Gasteiger partial charge in [0, 0.05) is 13.1 Å². The second-order valence-electron chi connectivity index (χ2n) is 6.45. The predicted octanol–water partition coefficient (Wildman–Crippen LogP) is 1.52. The van der Waals surface area contributed by atoms with E-state index in [9.17, 15) is 19.5 Å². The Morgan fingerprint density at radius 2 is 1.86 bits per heavy atom. The average molecular weight is 401 g/mol. The first-order valence-corrected chi connectivity index (χ1v) is 10.0. The van der Waals surface area contributed by atoms with Gasteiger partial charge >= 0.3 is 5.69 Å². The van der Waals surface area contributed by atoms with Crippen molar-refractivity contribution in [3.8, 4) is 0 Å². The number of carbonyl (C=O) groups excluding carboxylic acids is 1. The summed E-state index contributed by atoms with van der Waals surface area (Å²) in [5.41, 5.74) is 0.705. The number of aromatic nitrogens is 2. The van der Waals surface area contributed by atoms with Gasteiger partial charge in [0.2, 0.25) is 0 Å². The largest absolute Gasteiger partial charge is 0.395 e. The van der Waals surface area contributed by atoms with Gasteiger partial charge in [0.05, 0.1) is 23.4 Å². The molecule has 1 aromatic carbocycles. The zero-order chi connectivity index (χ0) is 20.3. The quantitative estimate of drug-likeness (QED) is 0.628. The average Bonchev–Trinajstić information content (AvgIpc) is 3.03. The summed E-state index contributed by atoms with van der Waals surface area (Å²) in [6.45, 7) is 4.00. The Morgan fingerprint density at radius 1 is 1.14 bits per heavy atom. The highest BCUT2D eigenvalue weighted by Crippen LogP contribution is 2.28. The van der Waals surface area contributed by atoms with Crippen LogP contribution in [0.4, 0.5) is 0 Å². The lowest BCUT2D eigenvalue weighted by molar-refractivity contribution is 0.0959. The number of nitrogens with zero attached hydrogens (tertiary/aromatic N) is 2. The Kier molecular flexibility index (Phi) is 6.11. The summed E-state index contributed by atoms with van der Waals surface area (Å²) < 4.78 is 2.59. The van der Waals surface area contributed by atoms with Crippen LogP contribution in [0.25, 0.3) is 10.2 Å². The van der Waals surface area contributed by atoms with E-state index in [4.69, 9.17) is 0 Å². The molecular formula is C20H23N3O4S. The van der Waals surface area contributed by atoms with Crippen LogP contribution in [0.15, 0.2) is 39.9 Å². The maximum Gasteiger partial charge on any atom is 0.332 e. The molecule has 0 atom stereocenters. The zero-order valence-corrected chi connectivity index (χ0v) is 16.7. The standard InChI is InChI=1S/C20H23N3O4S/c1-3-21-17(25)16-13(2)15-18(26)22(11-12-24)20(27)23(19(15)28-16)10-9-14-7-5-4-6-8-14/h4-8,24H,3,9-12H2,1-2H3,(H,21,25). The Balaban J connectivity index is 2.19. The van der Waals surface area contributed by atoms with E-state index in [0.717, 1.165) is 21.5 Å². The van der Waals surface area contributed by atoms with Crippen LogP contribution in [0.5, 0.6) is 0 Å². The number of amides is 1. The molecule has 0 aliphatic carbocycles. The van der Waals surface area contributed by atoms with Crippen molar-refractivity contribution in [3.63, 3.8) is 0 Å². The Hall–Kier alpha value is -2.71. The molecule has 0 bridgehead atoms. The molecule has 3 rings (SSSR count). The van der Waals surface area contributed by atoms with Crippen LogP contribution in [-0.4, -0.2) is 33.3 Å². The molecule has 0 aliphatic rings. The van der Waals surface area contributed by atoms with Gasteiger partial charge in [-0.2, -0.15) is 0 Å². The molecular weight excluding hydrogens is 378 g/mol. The van der Waals surface area contributed by atoms with E-state index in [1.807, 2.05) is 37.3 Å². The number of thiophene rings is 1. The molecule has 0 fully saturated rings. The number of rotatable bonds is 7. The molecule has 1 amide bonds. The lowest BCUT2D eigenvalue weighted by Gasteiger charge is -2.11. The summed E-state index contributed by atoms with van der Waals surface area (Å²) >= 11 is 1.16. The molecule has 0 radical (unpaired) electrons. The SMILES string of the molecule is CCNC(=O)c1sc2c(c1C)c(=O)n(CCO)c(=O)n2CCc1ccccc1.